The zero-order valence-electron chi connectivity index (χ0n) is 10.6. The summed E-state index contributed by atoms with van der Waals surface area (Å²) in [4.78, 5) is 32.6. The lowest BCUT2D eigenvalue weighted by Crippen LogP contribution is -2.03. The van der Waals surface area contributed by atoms with Gasteiger partial charge in [-0.2, -0.15) is 0 Å². The van der Waals surface area contributed by atoms with Crippen LogP contribution in [0.25, 0.3) is 11.6 Å². The Balaban J connectivity index is 2.03. The molecule has 1 amide bonds. The smallest absolute Gasteiger partial charge is 0.404 e. The number of H-pyrrole nitrogens is 1. The lowest BCUT2D eigenvalue weighted by Gasteiger charge is -2.08. The Hall–Kier alpha value is -2.34. The average Bonchev–Trinajstić information content (AvgIpc) is 2.98. The van der Waals surface area contributed by atoms with E-state index in [4.69, 9.17) is 9.79 Å². The second-order valence-electron chi connectivity index (χ2n) is 4.43. The van der Waals surface area contributed by atoms with E-state index in [1.807, 2.05) is 0 Å². The fraction of sp³-hybridized carbons (Fsp3) is 0. The number of carbonyl (C=O) groups excluding carboxylic acids is 1. The van der Waals surface area contributed by atoms with Crippen LogP contribution in [0.2, 0.25) is 0 Å². The van der Waals surface area contributed by atoms with E-state index in [1.54, 1.807) is 24.4 Å². The minimum absolute atomic E-state index is 0.00373. The number of hydrogen-bond donors (Lipinski definition) is 4. The molecule has 0 aliphatic carbocycles. The number of fused-ring (bicyclic) bond motifs is 1. The Labute approximate surface area is 119 Å². The van der Waals surface area contributed by atoms with E-state index in [0.29, 0.717) is 16.8 Å². The molecule has 1 aromatic heterocycles. The predicted octanol–water partition coefficient (Wildman–Crippen LogP) is 1.98. The highest BCUT2D eigenvalue weighted by molar-refractivity contribution is 7.46. The number of aromatic nitrogens is 1. The van der Waals surface area contributed by atoms with Crippen LogP contribution in [0.1, 0.15) is 11.3 Å². The topological polar surface area (TPSA) is 112 Å². The normalized spacial score (nSPS) is 15.9. The number of aromatic amines is 1. The van der Waals surface area contributed by atoms with Gasteiger partial charge in [0.1, 0.15) is 5.75 Å². The number of nitrogens with one attached hydrogen (secondary N) is 2. The Morgan fingerprint density at radius 2 is 2.05 bits per heavy atom. The molecular formula is C13H11N2O5P. The van der Waals surface area contributed by atoms with Crippen LogP contribution in [-0.4, -0.2) is 20.7 Å². The number of phosphoric ester groups is 1. The molecule has 21 heavy (non-hydrogen) atoms. The number of rotatable bonds is 3. The van der Waals surface area contributed by atoms with Gasteiger partial charge in [-0.15, -0.1) is 0 Å². The number of phosphoric acid groups is 1. The van der Waals surface area contributed by atoms with Gasteiger partial charge in [-0.1, -0.05) is 0 Å². The lowest BCUT2D eigenvalue weighted by molar-refractivity contribution is -0.110. The van der Waals surface area contributed by atoms with Crippen LogP contribution in [-0.2, 0) is 9.36 Å². The van der Waals surface area contributed by atoms with Gasteiger partial charge in [-0.05, 0) is 36.4 Å². The summed E-state index contributed by atoms with van der Waals surface area (Å²) >= 11 is 0. The van der Waals surface area contributed by atoms with Crippen LogP contribution < -0.4 is 9.84 Å². The summed E-state index contributed by atoms with van der Waals surface area (Å²) in [6.07, 6.45) is 3.38. The lowest BCUT2D eigenvalue weighted by atomic mass is 10.1. The van der Waals surface area contributed by atoms with E-state index < -0.39 is 7.82 Å². The van der Waals surface area contributed by atoms with Crippen molar-refractivity contribution in [3.63, 3.8) is 0 Å². The number of carbonyl (C=O) groups is 1. The summed E-state index contributed by atoms with van der Waals surface area (Å²) < 4.78 is 15.4. The molecule has 3 rings (SSSR count). The molecule has 0 atom stereocenters. The van der Waals surface area contributed by atoms with Crippen molar-refractivity contribution in [1.82, 2.24) is 4.98 Å². The Bertz CT molecular complexity index is 776. The fourth-order valence-corrected chi connectivity index (χ4v) is 2.48. The van der Waals surface area contributed by atoms with Crippen molar-refractivity contribution in [2.75, 3.05) is 5.32 Å². The zero-order chi connectivity index (χ0) is 15.0. The highest BCUT2D eigenvalue weighted by atomic mass is 31.2. The summed E-state index contributed by atoms with van der Waals surface area (Å²) in [5.74, 6) is -0.288. The molecule has 2 heterocycles. The van der Waals surface area contributed by atoms with Gasteiger partial charge in [-0.3, -0.25) is 14.6 Å². The van der Waals surface area contributed by atoms with E-state index in [9.17, 15) is 9.36 Å². The van der Waals surface area contributed by atoms with E-state index in [2.05, 4.69) is 14.8 Å². The molecule has 1 aliphatic heterocycles. The maximum Gasteiger partial charge on any atom is 0.524 e. The fourth-order valence-electron chi connectivity index (χ4n) is 2.09. The van der Waals surface area contributed by atoms with Gasteiger partial charge in [0.2, 0.25) is 0 Å². The third-order valence-corrected chi connectivity index (χ3v) is 3.37. The monoisotopic (exact) mass is 306 g/mol. The quantitative estimate of drug-likeness (QED) is 0.512. The molecule has 0 fully saturated rings. The maximum absolute atomic E-state index is 12.0. The van der Waals surface area contributed by atoms with Crippen LogP contribution >= 0.6 is 7.82 Å². The van der Waals surface area contributed by atoms with Crippen molar-refractivity contribution < 1.29 is 23.7 Å². The van der Waals surface area contributed by atoms with E-state index in [-0.39, 0.29) is 11.7 Å². The van der Waals surface area contributed by atoms with E-state index >= 15 is 0 Å². The summed E-state index contributed by atoms with van der Waals surface area (Å²) in [7, 11) is -4.64. The molecule has 0 bridgehead atoms. The van der Waals surface area contributed by atoms with Crippen LogP contribution in [0.15, 0.2) is 36.5 Å². The summed E-state index contributed by atoms with van der Waals surface area (Å²) in [5, 5.41) is 2.68. The first-order valence-corrected chi connectivity index (χ1v) is 7.51. The van der Waals surface area contributed by atoms with Gasteiger partial charge in [0, 0.05) is 23.1 Å². The first kappa shape index (κ1) is 13.6. The van der Waals surface area contributed by atoms with Crippen molar-refractivity contribution in [3.05, 3.63) is 47.8 Å². The molecule has 8 heteroatoms. The first-order valence-electron chi connectivity index (χ1n) is 5.98. The standard InChI is InChI=1S/C13H11N2O5P/c16-13-11(6-8-2-1-5-14-8)10-7-9(20-21(17,18)19)3-4-12(10)15-13/h1-7,14H,(H,15,16)(H2,17,18,19). The molecule has 1 aliphatic rings. The minimum Gasteiger partial charge on any atom is -0.404 e. The molecule has 4 N–H and O–H groups in total. The third kappa shape index (κ3) is 2.90. The van der Waals surface area contributed by atoms with Crippen molar-refractivity contribution in [2.45, 2.75) is 0 Å². The van der Waals surface area contributed by atoms with Crippen LogP contribution in [0.4, 0.5) is 5.69 Å². The molecule has 0 saturated heterocycles. The van der Waals surface area contributed by atoms with Gasteiger partial charge in [0.25, 0.3) is 5.91 Å². The maximum atomic E-state index is 12.0. The van der Waals surface area contributed by atoms with E-state index in [1.165, 1.54) is 18.2 Å². The van der Waals surface area contributed by atoms with Gasteiger partial charge in [0.15, 0.2) is 0 Å². The summed E-state index contributed by atoms with van der Waals surface area (Å²) in [5.41, 5.74) is 2.23. The average molecular weight is 306 g/mol. The zero-order valence-corrected chi connectivity index (χ0v) is 11.5. The second kappa shape index (κ2) is 4.89. The molecule has 0 spiro atoms. The molecule has 2 aromatic rings. The SMILES string of the molecule is O=C1Nc2ccc(OP(=O)(O)O)cc2C1=Cc1ccc[nH]1. The number of amides is 1. The Morgan fingerprint density at radius 3 is 2.71 bits per heavy atom. The highest BCUT2D eigenvalue weighted by Gasteiger charge is 2.26. The van der Waals surface area contributed by atoms with Gasteiger partial charge >= 0.3 is 7.82 Å². The van der Waals surface area contributed by atoms with E-state index in [0.717, 1.165) is 5.69 Å². The first-order chi connectivity index (χ1) is 9.92. The van der Waals surface area contributed by atoms with Gasteiger partial charge < -0.3 is 14.8 Å². The largest absolute Gasteiger partial charge is 0.524 e. The number of hydrogen-bond acceptors (Lipinski definition) is 3. The van der Waals surface area contributed by atoms with Crippen molar-refractivity contribution in [1.29, 1.82) is 0 Å². The van der Waals surface area contributed by atoms with Crippen LogP contribution in [0.3, 0.4) is 0 Å². The second-order valence-corrected chi connectivity index (χ2v) is 5.59. The molecule has 0 saturated carbocycles. The highest BCUT2D eigenvalue weighted by Crippen LogP contribution is 2.41. The molecule has 0 radical (unpaired) electrons. The van der Waals surface area contributed by atoms with Gasteiger partial charge in [0.05, 0.1) is 5.57 Å². The van der Waals surface area contributed by atoms with Crippen molar-refractivity contribution in [3.8, 4) is 5.75 Å². The molecule has 7 nitrogen and oxygen atoms in total. The number of benzene rings is 1. The minimum atomic E-state index is -4.64. The third-order valence-electron chi connectivity index (χ3n) is 2.92. The molecule has 108 valence electrons. The van der Waals surface area contributed by atoms with Crippen molar-refractivity contribution >= 4 is 31.1 Å². The molecule has 1 aromatic carbocycles. The predicted molar refractivity (Wildman–Crippen MR) is 76.4 cm³/mol. The Kier molecular flexibility index (Phi) is 3.17. The Morgan fingerprint density at radius 1 is 1.24 bits per heavy atom. The van der Waals surface area contributed by atoms with Crippen molar-refractivity contribution in [2.24, 2.45) is 0 Å². The van der Waals surface area contributed by atoms with Gasteiger partial charge in [-0.25, -0.2) is 4.57 Å². The summed E-state index contributed by atoms with van der Waals surface area (Å²) in [6.45, 7) is 0. The number of anilines is 1. The van der Waals surface area contributed by atoms with Crippen LogP contribution in [0.5, 0.6) is 5.75 Å². The molecular weight excluding hydrogens is 295 g/mol. The van der Waals surface area contributed by atoms with Crippen LogP contribution in [0, 0.1) is 0 Å². The summed E-state index contributed by atoms with van der Waals surface area (Å²) in [6, 6.07) is 7.94. The molecule has 0 unspecified atom stereocenters.